The van der Waals surface area contributed by atoms with Crippen LogP contribution in [0.3, 0.4) is 0 Å². The number of aromatic nitrogens is 2. The monoisotopic (exact) mass is 292 g/mol. The summed E-state index contributed by atoms with van der Waals surface area (Å²) < 4.78 is 5.81. The van der Waals surface area contributed by atoms with Gasteiger partial charge in [0.05, 0.1) is 6.10 Å². The number of H-pyrrole nitrogens is 1. The highest BCUT2D eigenvalue weighted by atomic mass is 16.5. The van der Waals surface area contributed by atoms with E-state index in [1.54, 1.807) is 6.07 Å². The lowest BCUT2D eigenvalue weighted by Gasteiger charge is -2.32. The molecule has 1 aliphatic carbocycles. The predicted molar refractivity (Wildman–Crippen MR) is 81.7 cm³/mol. The molecule has 2 aliphatic rings. The van der Waals surface area contributed by atoms with E-state index in [1.807, 2.05) is 0 Å². The Morgan fingerprint density at radius 1 is 1.33 bits per heavy atom. The second-order valence-corrected chi connectivity index (χ2v) is 5.96. The van der Waals surface area contributed by atoms with Gasteiger partial charge in [-0.05, 0) is 38.6 Å². The summed E-state index contributed by atoms with van der Waals surface area (Å²) in [6, 6.07) is 1.61. The summed E-state index contributed by atoms with van der Waals surface area (Å²) >= 11 is 0. The van der Waals surface area contributed by atoms with Crippen molar-refractivity contribution >= 4 is 5.82 Å². The minimum Gasteiger partial charge on any atom is -0.378 e. The van der Waals surface area contributed by atoms with Crippen molar-refractivity contribution < 1.29 is 4.74 Å². The molecule has 0 aromatic carbocycles. The van der Waals surface area contributed by atoms with Crippen LogP contribution in [0.25, 0.3) is 0 Å². The topological polar surface area (TPSA) is 84.2 Å². The van der Waals surface area contributed by atoms with E-state index in [4.69, 9.17) is 10.5 Å². The number of nitrogens with one attached hydrogen (secondary N) is 1. The van der Waals surface area contributed by atoms with Crippen LogP contribution in [0, 0.1) is 0 Å². The van der Waals surface area contributed by atoms with Crippen molar-refractivity contribution in [2.75, 3.05) is 31.1 Å². The van der Waals surface area contributed by atoms with E-state index in [0.717, 1.165) is 63.4 Å². The molecule has 3 rings (SSSR count). The predicted octanol–water partition coefficient (Wildman–Crippen LogP) is 0.981. The van der Waals surface area contributed by atoms with Crippen LogP contribution in [0.4, 0.5) is 5.82 Å². The summed E-state index contributed by atoms with van der Waals surface area (Å²) in [7, 11) is 0. The van der Waals surface area contributed by atoms with Crippen molar-refractivity contribution in [3.8, 4) is 0 Å². The Kier molecular flexibility index (Phi) is 4.55. The van der Waals surface area contributed by atoms with Crippen LogP contribution in [-0.4, -0.2) is 42.3 Å². The van der Waals surface area contributed by atoms with Crippen LogP contribution in [0.1, 0.15) is 43.8 Å². The Labute approximate surface area is 124 Å². The first-order chi connectivity index (χ1) is 10.3. The second-order valence-electron chi connectivity index (χ2n) is 5.96. The third-order valence-corrected chi connectivity index (χ3v) is 4.18. The molecule has 1 saturated heterocycles. The first kappa shape index (κ1) is 14.5. The molecule has 6 heteroatoms. The number of anilines is 1. The highest BCUT2D eigenvalue weighted by Gasteiger charge is 2.28. The molecule has 2 fully saturated rings. The molecule has 1 aliphatic heterocycles. The molecule has 1 aromatic rings. The fraction of sp³-hybridized carbons (Fsp3) is 0.733. The number of ether oxygens (including phenoxy) is 1. The summed E-state index contributed by atoms with van der Waals surface area (Å²) in [6.45, 7) is 3.22. The minimum absolute atomic E-state index is 0.0387. The molecule has 116 valence electrons. The van der Waals surface area contributed by atoms with Gasteiger partial charge in [0.2, 0.25) is 0 Å². The van der Waals surface area contributed by atoms with Crippen molar-refractivity contribution in [3.63, 3.8) is 0 Å². The average Bonchev–Trinajstić information content (AvgIpc) is 3.32. The van der Waals surface area contributed by atoms with E-state index in [-0.39, 0.29) is 5.56 Å². The van der Waals surface area contributed by atoms with Crippen molar-refractivity contribution in [3.05, 3.63) is 22.2 Å². The fourth-order valence-electron chi connectivity index (χ4n) is 2.76. The molecule has 6 nitrogen and oxygen atoms in total. The van der Waals surface area contributed by atoms with E-state index in [2.05, 4.69) is 14.9 Å². The SMILES string of the molecule is NCCCOC1CCN(c2cc(=O)[nH]c(C3CC3)n2)CC1. The standard InChI is InChI=1S/C15H24N4O2/c16-6-1-9-21-12-4-7-19(8-5-12)13-10-14(20)18-15(17-13)11-2-3-11/h10-12H,1-9,16H2,(H,17,18,20). The lowest BCUT2D eigenvalue weighted by molar-refractivity contribution is 0.0365. The third-order valence-electron chi connectivity index (χ3n) is 4.18. The molecule has 1 aromatic heterocycles. The molecule has 2 heterocycles. The Balaban J connectivity index is 1.57. The first-order valence-electron chi connectivity index (χ1n) is 7.94. The molecule has 0 spiro atoms. The van der Waals surface area contributed by atoms with Gasteiger partial charge in [0.25, 0.3) is 5.56 Å². The molecule has 21 heavy (non-hydrogen) atoms. The summed E-state index contributed by atoms with van der Waals surface area (Å²) in [6.07, 6.45) is 5.49. The maximum Gasteiger partial charge on any atom is 0.252 e. The highest BCUT2D eigenvalue weighted by Crippen LogP contribution is 2.38. The van der Waals surface area contributed by atoms with Crippen LogP contribution < -0.4 is 16.2 Å². The summed E-state index contributed by atoms with van der Waals surface area (Å²) in [5.74, 6) is 2.15. The molecule has 3 N–H and O–H groups in total. The van der Waals surface area contributed by atoms with Gasteiger partial charge < -0.3 is 20.4 Å². The number of nitrogens with two attached hydrogens (primary N) is 1. The number of piperidine rings is 1. The van der Waals surface area contributed by atoms with Crippen LogP contribution in [-0.2, 0) is 4.74 Å². The van der Waals surface area contributed by atoms with Gasteiger partial charge in [-0.1, -0.05) is 0 Å². The number of rotatable bonds is 6. The normalized spacial score (nSPS) is 20.0. The van der Waals surface area contributed by atoms with Gasteiger partial charge >= 0.3 is 0 Å². The number of hydrogen-bond donors (Lipinski definition) is 2. The number of hydrogen-bond acceptors (Lipinski definition) is 5. The molecule has 0 unspecified atom stereocenters. The minimum atomic E-state index is -0.0387. The molecular formula is C15H24N4O2. The van der Waals surface area contributed by atoms with Crippen LogP contribution in [0.2, 0.25) is 0 Å². The second kappa shape index (κ2) is 6.58. The van der Waals surface area contributed by atoms with Gasteiger partial charge in [0.1, 0.15) is 11.6 Å². The lowest BCUT2D eigenvalue weighted by atomic mass is 10.1. The maximum atomic E-state index is 11.8. The quantitative estimate of drug-likeness (QED) is 0.764. The third kappa shape index (κ3) is 3.83. The molecular weight excluding hydrogens is 268 g/mol. The van der Waals surface area contributed by atoms with Gasteiger partial charge in [0.15, 0.2) is 0 Å². The van der Waals surface area contributed by atoms with Gasteiger partial charge in [0, 0.05) is 31.7 Å². The van der Waals surface area contributed by atoms with Crippen LogP contribution in [0.5, 0.6) is 0 Å². The summed E-state index contributed by atoms with van der Waals surface area (Å²) in [4.78, 5) is 21.5. The molecule has 0 radical (unpaired) electrons. The zero-order valence-electron chi connectivity index (χ0n) is 12.4. The maximum absolute atomic E-state index is 11.8. The van der Waals surface area contributed by atoms with Gasteiger partial charge in [-0.15, -0.1) is 0 Å². The number of aromatic amines is 1. The van der Waals surface area contributed by atoms with Crippen molar-refractivity contribution in [2.45, 2.75) is 44.1 Å². The zero-order chi connectivity index (χ0) is 14.7. The highest BCUT2D eigenvalue weighted by molar-refractivity contribution is 5.38. The van der Waals surface area contributed by atoms with E-state index in [1.165, 1.54) is 0 Å². The molecule has 1 saturated carbocycles. The zero-order valence-corrected chi connectivity index (χ0v) is 12.4. The van der Waals surface area contributed by atoms with Gasteiger partial charge in [-0.2, -0.15) is 0 Å². The van der Waals surface area contributed by atoms with Crippen molar-refractivity contribution in [2.24, 2.45) is 5.73 Å². The van der Waals surface area contributed by atoms with Gasteiger partial charge in [-0.25, -0.2) is 4.98 Å². The van der Waals surface area contributed by atoms with Crippen molar-refractivity contribution in [1.82, 2.24) is 9.97 Å². The van der Waals surface area contributed by atoms with Gasteiger partial charge in [-0.3, -0.25) is 4.79 Å². The van der Waals surface area contributed by atoms with E-state index < -0.39 is 0 Å². The smallest absolute Gasteiger partial charge is 0.252 e. The number of nitrogens with zero attached hydrogens (tertiary/aromatic N) is 2. The van der Waals surface area contributed by atoms with Crippen LogP contribution in [0.15, 0.2) is 10.9 Å². The first-order valence-corrected chi connectivity index (χ1v) is 7.94. The molecule has 0 bridgehead atoms. The Morgan fingerprint density at radius 2 is 2.10 bits per heavy atom. The molecule has 0 atom stereocenters. The Morgan fingerprint density at radius 3 is 2.76 bits per heavy atom. The summed E-state index contributed by atoms with van der Waals surface area (Å²) in [5, 5.41) is 0. The largest absolute Gasteiger partial charge is 0.378 e. The van der Waals surface area contributed by atoms with Crippen molar-refractivity contribution in [1.29, 1.82) is 0 Å². The fourth-order valence-corrected chi connectivity index (χ4v) is 2.76. The van der Waals surface area contributed by atoms with E-state index in [9.17, 15) is 4.79 Å². The Hall–Kier alpha value is -1.40. The Bertz CT molecular complexity index is 519. The summed E-state index contributed by atoms with van der Waals surface area (Å²) in [5.41, 5.74) is 5.43. The van der Waals surface area contributed by atoms with E-state index in [0.29, 0.717) is 18.6 Å². The lowest BCUT2D eigenvalue weighted by Crippen LogP contribution is -2.38. The molecule has 0 amide bonds. The van der Waals surface area contributed by atoms with E-state index >= 15 is 0 Å². The van der Waals surface area contributed by atoms with Crippen LogP contribution >= 0.6 is 0 Å². The average molecular weight is 292 g/mol.